The van der Waals surface area contributed by atoms with E-state index < -0.39 is 34.3 Å². The van der Waals surface area contributed by atoms with Crippen LogP contribution in [0.1, 0.15) is 29.4 Å². The summed E-state index contributed by atoms with van der Waals surface area (Å²) in [6, 6.07) is 0.683. The number of nitrogens with zero attached hydrogens (tertiary/aromatic N) is 2. The van der Waals surface area contributed by atoms with E-state index in [1.54, 1.807) is 0 Å². The van der Waals surface area contributed by atoms with Crippen molar-refractivity contribution in [1.29, 1.82) is 0 Å². The van der Waals surface area contributed by atoms with E-state index in [1.807, 2.05) is 0 Å². The fourth-order valence-corrected chi connectivity index (χ4v) is 1.94. The SMILES string of the molecule is CCOC(=O)c1cc(C(F)F)nc(I)c1[N+](=O)[O-]. The van der Waals surface area contributed by atoms with Gasteiger partial charge in [-0.05, 0) is 35.6 Å². The van der Waals surface area contributed by atoms with E-state index in [4.69, 9.17) is 0 Å². The van der Waals surface area contributed by atoms with Crippen LogP contribution in [0.25, 0.3) is 0 Å². The van der Waals surface area contributed by atoms with Gasteiger partial charge in [0.2, 0.25) is 0 Å². The molecule has 0 saturated heterocycles. The van der Waals surface area contributed by atoms with E-state index in [9.17, 15) is 23.7 Å². The molecule has 0 aliphatic heterocycles. The number of hydrogen-bond donors (Lipinski definition) is 0. The minimum Gasteiger partial charge on any atom is -0.462 e. The summed E-state index contributed by atoms with van der Waals surface area (Å²) in [6.07, 6.45) is -2.92. The molecule has 0 fully saturated rings. The largest absolute Gasteiger partial charge is 0.462 e. The molecule has 1 rings (SSSR count). The average Bonchev–Trinajstić information content (AvgIpc) is 2.27. The Bertz CT molecular complexity index is 496. The second kappa shape index (κ2) is 5.98. The van der Waals surface area contributed by atoms with Crippen molar-refractivity contribution in [3.63, 3.8) is 0 Å². The van der Waals surface area contributed by atoms with Crippen molar-refractivity contribution < 1.29 is 23.2 Å². The molecule has 0 saturated carbocycles. The Balaban J connectivity index is 3.42. The molecule has 1 aromatic rings. The van der Waals surface area contributed by atoms with Gasteiger partial charge < -0.3 is 4.74 Å². The number of carbonyl (C=O) groups excluding carboxylic acids is 1. The van der Waals surface area contributed by atoms with Gasteiger partial charge >= 0.3 is 11.7 Å². The lowest BCUT2D eigenvalue weighted by Crippen LogP contribution is -2.11. The van der Waals surface area contributed by atoms with Gasteiger partial charge in [0.1, 0.15) is 11.3 Å². The summed E-state index contributed by atoms with van der Waals surface area (Å²) in [5, 5.41) is 10.8. The highest BCUT2D eigenvalue weighted by atomic mass is 127. The van der Waals surface area contributed by atoms with Crippen LogP contribution in [0.4, 0.5) is 14.5 Å². The number of carbonyl (C=O) groups is 1. The number of pyridine rings is 1. The first-order valence-electron chi connectivity index (χ1n) is 4.68. The van der Waals surface area contributed by atoms with Gasteiger partial charge in [-0.3, -0.25) is 10.1 Å². The van der Waals surface area contributed by atoms with Crippen molar-refractivity contribution in [3.8, 4) is 0 Å². The summed E-state index contributed by atoms with van der Waals surface area (Å²) in [5.41, 5.74) is -1.84. The van der Waals surface area contributed by atoms with Gasteiger partial charge in [-0.2, -0.15) is 0 Å². The number of rotatable bonds is 4. The second-order valence-corrected chi connectivity index (χ2v) is 4.03. The van der Waals surface area contributed by atoms with E-state index >= 15 is 0 Å². The Morgan fingerprint density at radius 2 is 2.28 bits per heavy atom. The first-order chi connectivity index (χ1) is 8.38. The maximum absolute atomic E-state index is 12.5. The fourth-order valence-electron chi connectivity index (χ4n) is 1.18. The van der Waals surface area contributed by atoms with Gasteiger partial charge in [-0.15, -0.1) is 0 Å². The number of aromatic nitrogens is 1. The molecule has 1 aromatic heterocycles. The maximum Gasteiger partial charge on any atom is 0.345 e. The number of esters is 1. The van der Waals surface area contributed by atoms with Crippen molar-refractivity contribution in [1.82, 2.24) is 4.98 Å². The van der Waals surface area contributed by atoms with Gasteiger partial charge in [0.05, 0.1) is 11.5 Å². The normalized spacial score (nSPS) is 10.5. The van der Waals surface area contributed by atoms with Crippen LogP contribution >= 0.6 is 22.6 Å². The number of halogens is 3. The van der Waals surface area contributed by atoms with Crippen molar-refractivity contribution in [3.05, 3.63) is 31.1 Å². The molecule has 9 heteroatoms. The fraction of sp³-hybridized carbons (Fsp3) is 0.333. The zero-order chi connectivity index (χ0) is 13.9. The summed E-state index contributed by atoms with van der Waals surface area (Å²) in [7, 11) is 0. The van der Waals surface area contributed by atoms with Crippen LogP contribution in [0, 0.1) is 13.8 Å². The standard InChI is InChI=1S/C9H7F2IN2O4/c1-2-18-9(15)4-3-5(7(10)11)13-8(12)6(4)14(16)17/h3,7H,2H2,1H3. The molecule has 98 valence electrons. The molecule has 0 unspecified atom stereocenters. The molecule has 1 heterocycles. The summed E-state index contributed by atoms with van der Waals surface area (Å²) >= 11 is 1.43. The van der Waals surface area contributed by atoms with Crippen LogP contribution in [0.3, 0.4) is 0 Å². The summed E-state index contributed by atoms with van der Waals surface area (Å²) in [4.78, 5) is 24.8. The third-order valence-electron chi connectivity index (χ3n) is 1.87. The number of alkyl halides is 2. The second-order valence-electron chi connectivity index (χ2n) is 3.01. The molecule has 0 radical (unpaired) electrons. The highest BCUT2D eigenvalue weighted by Gasteiger charge is 2.28. The molecule has 0 bridgehead atoms. The first kappa shape index (κ1) is 14.7. The molecule has 0 amide bonds. The molecule has 0 N–H and O–H groups in total. The van der Waals surface area contributed by atoms with Crippen molar-refractivity contribution >= 4 is 34.2 Å². The van der Waals surface area contributed by atoms with Crippen LogP contribution < -0.4 is 0 Å². The molecule has 18 heavy (non-hydrogen) atoms. The van der Waals surface area contributed by atoms with Gasteiger partial charge in [0.15, 0.2) is 3.70 Å². The molecular formula is C9H7F2IN2O4. The Morgan fingerprint density at radius 3 is 2.72 bits per heavy atom. The lowest BCUT2D eigenvalue weighted by Gasteiger charge is -2.06. The zero-order valence-electron chi connectivity index (χ0n) is 9.02. The third-order valence-corrected chi connectivity index (χ3v) is 2.62. The molecule has 0 aromatic carbocycles. The average molecular weight is 372 g/mol. The summed E-state index contributed by atoms with van der Waals surface area (Å²) < 4.78 is 29.4. The molecular weight excluding hydrogens is 365 g/mol. The topological polar surface area (TPSA) is 82.3 Å². The zero-order valence-corrected chi connectivity index (χ0v) is 11.2. The molecule has 0 spiro atoms. The van der Waals surface area contributed by atoms with Gasteiger partial charge in [-0.1, -0.05) is 0 Å². The quantitative estimate of drug-likeness (QED) is 0.267. The van der Waals surface area contributed by atoms with Crippen molar-refractivity contribution in [2.45, 2.75) is 13.3 Å². The Morgan fingerprint density at radius 1 is 1.67 bits per heavy atom. The van der Waals surface area contributed by atoms with E-state index in [-0.39, 0.29) is 10.3 Å². The van der Waals surface area contributed by atoms with Gasteiger partial charge in [-0.25, -0.2) is 18.6 Å². The van der Waals surface area contributed by atoms with Crippen LogP contribution in [-0.4, -0.2) is 22.5 Å². The van der Waals surface area contributed by atoms with Crippen LogP contribution in [-0.2, 0) is 4.74 Å². The van der Waals surface area contributed by atoms with Crippen molar-refractivity contribution in [2.75, 3.05) is 6.61 Å². The molecule has 0 atom stereocenters. The number of ether oxygens (including phenoxy) is 1. The van der Waals surface area contributed by atoms with Crippen molar-refractivity contribution in [2.24, 2.45) is 0 Å². The molecule has 6 nitrogen and oxygen atoms in total. The van der Waals surface area contributed by atoms with E-state index in [0.29, 0.717) is 6.07 Å². The predicted octanol–water partition coefficient (Wildman–Crippen LogP) is 2.71. The van der Waals surface area contributed by atoms with Gasteiger partial charge in [0, 0.05) is 0 Å². The minimum absolute atomic E-state index is 0.0150. The smallest absolute Gasteiger partial charge is 0.345 e. The Hall–Kier alpha value is -1.39. The predicted molar refractivity (Wildman–Crippen MR) is 64.5 cm³/mol. The van der Waals surface area contributed by atoms with E-state index in [2.05, 4.69) is 9.72 Å². The molecule has 0 aliphatic carbocycles. The number of nitro groups is 1. The first-order valence-corrected chi connectivity index (χ1v) is 5.76. The van der Waals surface area contributed by atoms with Crippen LogP contribution in [0.15, 0.2) is 6.07 Å². The molecule has 0 aliphatic rings. The maximum atomic E-state index is 12.5. The lowest BCUT2D eigenvalue weighted by molar-refractivity contribution is -0.386. The van der Waals surface area contributed by atoms with Crippen LogP contribution in [0.5, 0.6) is 0 Å². The minimum atomic E-state index is -2.92. The highest BCUT2D eigenvalue weighted by molar-refractivity contribution is 14.1. The number of hydrogen-bond acceptors (Lipinski definition) is 5. The van der Waals surface area contributed by atoms with E-state index in [1.165, 1.54) is 29.5 Å². The summed E-state index contributed by atoms with van der Waals surface area (Å²) in [5.74, 6) is -1.02. The van der Waals surface area contributed by atoms with Crippen LogP contribution in [0.2, 0.25) is 0 Å². The Kier molecular flexibility index (Phi) is 4.87. The Labute approximate surface area is 114 Å². The lowest BCUT2D eigenvalue weighted by atomic mass is 10.2. The van der Waals surface area contributed by atoms with E-state index in [0.717, 1.165) is 0 Å². The summed E-state index contributed by atoms with van der Waals surface area (Å²) in [6.45, 7) is 1.49. The monoisotopic (exact) mass is 372 g/mol. The highest BCUT2D eigenvalue weighted by Crippen LogP contribution is 2.29. The van der Waals surface area contributed by atoms with Gasteiger partial charge in [0.25, 0.3) is 6.43 Å². The third kappa shape index (κ3) is 3.09.